The van der Waals surface area contributed by atoms with Crippen molar-refractivity contribution in [3.05, 3.63) is 16.9 Å². The van der Waals surface area contributed by atoms with Crippen molar-refractivity contribution in [2.45, 2.75) is 18.9 Å². The van der Waals surface area contributed by atoms with Gasteiger partial charge in [-0.1, -0.05) is 11.6 Å². The molecule has 1 aromatic rings. The first-order valence-electron chi connectivity index (χ1n) is 4.29. The highest BCUT2D eigenvalue weighted by atomic mass is 35.5. The summed E-state index contributed by atoms with van der Waals surface area (Å²) in [5, 5.41) is 11.4. The van der Waals surface area contributed by atoms with Crippen LogP contribution in [0.3, 0.4) is 0 Å². The number of halogens is 1. The van der Waals surface area contributed by atoms with Gasteiger partial charge in [0.1, 0.15) is 0 Å². The molecule has 0 spiro atoms. The van der Waals surface area contributed by atoms with E-state index in [0.29, 0.717) is 11.7 Å². The Kier molecular flexibility index (Phi) is 2.33. The molecule has 3 N–H and O–H groups in total. The third-order valence-electron chi connectivity index (χ3n) is 2.21. The van der Waals surface area contributed by atoms with Crippen molar-refractivity contribution in [2.75, 3.05) is 12.3 Å². The molecular weight excluding hydrogens is 188 g/mol. The summed E-state index contributed by atoms with van der Waals surface area (Å²) in [5.74, 6) is 0. The van der Waals surface area contributed by atoms with Gasteiger partial charge >= 0.3 is 0 Å². The summed E-state index contributed by atoms with van der Waals surface area (Å²) in [6.07, 6.45) is 2.27. The van der Waals surface area contributed by atoms with Gasteiger partial charge in [-0.15, -0.1) is 5.10 Å². The second-order valence-corrected chi connectivity index (χ2v) is 3.52. The van der Waals surface area contributed by atoms with Crippen molar-refractivity contribution in [3.8, 4) is 0 Å². The van der Waals surface area contributed by atoms with Crippen LogP contribution in [0.5, 0.6) is 0 Å². The zero-order valence-electron chi connectivity index (χ0n) is 7.13. The summed E-state index contributed by atoms with van der Waals surface area (Å²) in [6.45, 7) is 1.04. The molecule has 1 unspecified atom stereocenters. The molecule has 13 heavy (non-hydrogen) atoms. The van der Waals surface area contributed by atoms with E-state index >= 15 is 0 Å². The molecule has 0 aliphatic carbocycles. The Balaban J connectivity index is 2.25. The van der Waals surface area contributed by atoms with Gasteiger partial charge in [-0.25, -0.2) is 0 Å². The molecular formula is C8H11ClN4. The second-order valence-electron chi connectivity index (χ2n) is 3.16. The van der Waals surface area contributed by atoms with E-state index < -0.39 is 0 Å². The third kappa shape index (κ3) is 1.73. The SMILES string of the molecule is Nc1cc(C2CCCN2)nnc1Cl. The Morgan fingerprint density at radius 1 is 1.54 bits per heavy atom. The third-order valence-corrected chi connectivity index (χ3v) is 2.51. The number of rotatable bonds is 1. The van der Waals surface area contributed by atoms with Crippen molar-refractivity contribution < 1.29 is 0 Å². The molecule has 2 heterocycles. The molecule has 0 radical (unpaired) electrons. The number of nitrogens with one attached hydrogen (secondary N) is 1. The number of aromatic nitrogens is 2. The zero-order chi connectivity index (χ0) is 9.26. The molecule has 1 aromatic heterocycles. The van der Waals surface area contributed by atoms with E-state index in [1.165, 1.54) is 6.42 Å². The van der Waals surface area contributed by atoms with Gasteiger partial charge in [-0.3, -0.25) is 0 Å². The van der Waals surface area contributed by atoms with E-state index in [4.69, 9.17) is 17.3 Å². The Labute approximate surface area is 81.5 Å². The van der Waals surface area contributed by atoms with E-state index in [-0.39, 0.29) is 5.15 Å². The van der Waals surface area contributed by atoms with Gasteiger partial charge in [0.25, 0.3) is 0 Å². The number of nitrogens with two attached hydrogens (primary N) is 1. The molecule has 0 bridgehead atoms. The van der Waals surface area contributed by atoms with Gasteiger partial charge in [0.2, 0.25) is 0 Å². The summed E-state index contributed by atoms with van der Waals surface area (Å²) in [7, 11) is 0. The Hall–Kier alpha value is -0.870. The Bertz CT molecular complexity index is 309. The lowest BCUT2D eigenvalue weighted by atomic mass is 10.1. The Morgan fingerprint density at radius 2 is 2.38 bits per heavy atom. The maximum absolute atomic E-state index is 5.67. The quantitative estimate of drug-likeness (QED) is 0.710. The van der Waals surface area contributed by atoms with Gasteiger partial charge in [-0.2, -0.15) is 5.10 Å². The molecule has 0 amide bonds. The minimum absolute atomic E-state index is 0.279. The van der Waals surface area contributed by atoms with Crippen LogP contribution in [0, 0.1) is 0 Å². The predicted octanol–water partition coefficient (Wildman–Crippen LogP) is 1.14. The van der Waals surface area contributed by atoms with Crippen LogP contribution in [0.25, 0.3) is 0 Å². The van der Waals surface area contributed by atoms with E-state index in [9.17, 15) is 0 Å². The van der Waals surface area contributed by atoms with Crippen LogP contribution in [-0.2, 0) is 0 Å². The first-order chi connectivity index (χ1) is 6.27. The smallest absolute Gasteiger partial charge is 0.174 e. The molecule has 2 rings (SSSR count). The topological polar surface area (TPSA) is 63.8 Å². The summed E-state index contributed by atoms with van der Waals surface area (Å²) in [6, 6.07) is 2.09. The minimum Gasteiger partial charge on any atom is -0.396 e. The zero-order valence-corrected chi connectivity index (χ0v) is 7.88. The molecule has 1 atom stereocenters. The van der Waals surface area contributed by atoms with Crippen molar-refractivity contribution in [3.63, 3.8) is 0 Å². The van der Waals surface area contributed by atoms with E-state index in [1.54, 1.807) is 6.07 Å². The fraction of sp³-hybridized carbons (Fsp3) is 0.500. The number of nitrogen functional groups attached to an aromatic ring is 1. The van der Waals surface area contributed by atoms with E-state index in [1.807, 2.05) is 0 Å². The number of hydrogen-bond acceptors (Lipinski definition) is 4. The standard InChI is InChI=1S/C8H11ClN4/c9-8-5(10)4-7(12-13-8)6-2-1-3-11-6/h4,6,11H,1-3H2,(H2,10,12). The van der Waals surface area contributed by atoms with Crippen LogP contribution in [0.2, 0.25) is 5.15 Å². The monoisotopic (exact) mass is 198 g/mol. The van der Waals surface area contributed by atoms with Crippen LogP contribution in [0.1, 0.15) is 24.6 Å². The van der Waals surface area contributed by atoms with Crippen molar-refractivity contribution >= 4 is 17.3 Å². The molecule has 5 heteroatoms. The molecule has 1 aliphatic rings. The Morgan fingerprint density at radius 3 is 3.00 bits per heavy atom. The highest BCUT2D eigenvalue weighted by Crippen LogP contribution is 2.24. The normalized spacial score (nSPS) is 22.1. The highest BCUT2D eigenvalue weighted by molar-refractivity contribution is 6.31. The van der Waals surface area contributed by atoms with Crippen LogP contribution in [0.4, 0.5) is 5.69 Å². The average molecular weight is 199 g/mol. The first-order valence-corrected chi connectivity index (χ1v) is 4.67. The van der Waals surface area contributed by atoms with Crippen molar-refractivity contribution in [1.29, 1.82) is 0 Å². The van der Waals surface area contributed by atoms with Crippen molar-refractivity contribution in [2.24, 2.45) is 0 Å². The van der Waals surface area contributed by atoms with Crippen LogP contribution in [0.15, 0.2) is 6.07 Å². The minimum atomic E-state index is 0.279. The molecule has 1 fully saturated rings. The van der Waals surface area contributed by atoms with Gasteiger partial charge in [-0.05, 0) is 25.5 Å². The van der Waals surface area contributed by atoms with E-state index in [2.05, 4.69) is 15.5 Å². The first kappa shape index (κ1) is 8.72. The largest absolute Gasteiger partial charge is 0.396 e. The molecule has 0 saturated carbocycles. The van der Waals surface area contributed by atoms with Crippen LogP contribution >= 0.6 is 11.6 Å². The van der Waals surface area contributed by atoms with Gasteiger partial charge < -0.3 is 11.1 Å². The fourth-order valence-electron chi connectivity index (χ4n) is 1.51. The lowest BCUT2D eigenvalue weighted by molar-refractivity contribution is 0.617. The lowest BCUT2D eigenvalue weighted by Crippen LogP contribution is -2.15. The molecule has 1 saturated heterocycles. The maximum Gasteiger partial charge on any atom is 0.174 e. The molecule has 70 valence electrons. The highest BCUT2D eigenvalue weighted by Gasteiger charge is 2.18. The molecule has 4 nitrogen and oxygen atoms in total. The number of anilines is 1. The van der Waals surface area contributed by atoms with E-state index in [0.717, 1.165) is 18.7 Å². The summed E-state index contributed by atoms with van der Waals surface area (Å²) >= 11 is 5.67. The average Bonchev–Trinajstić information content (AvgIpc) is 2.62. The summed E-state index contributed by atoms with van der Waals surface area (Å²) in [5.41, 5.74) is 7.01. The fourth-order valence-corrected chi connectivity index (χ4v) is 1.61. The van der Waals surface area contributed by atoms with Gasteiger partial charge in [0.15, 0.2) is 5.15 Å². The predicted molar refractivity (Wildman–Crippen MR) is 51.4 cm³/mol. The van der Waals surface area contributed by atoms with Crippen LogP contribution in [-0.4, -0.2) is 16.7 Å². The number of hydrogen-bond donors (Lipinski definition) is 2. The van der Waals surface area contributed by atoms with Gasteiger partial charge in [0.05, 0.1) is 17.4 Å². The van der Waals surface area contributed by atoms with Crippen LogP contribution < -0.4 is 11.1 Å². The molecule has 0 aromatic carbocycles. The number of nitrogens with zero attached hydrogens (tertiary/aromatic N) is 2. The summed E-state index contributed by atoms with van der Waals surface area (Å²) in [4.78, 5) is 0. The summed E-state index contributed by atoms with van der Waals surface area (Å²) < 4.78 is 0. The maximum atomic E-state index is 5.67. The lowest BCUT2D eigenvalue weighted by Gasteiger charge is -2.08. The molecule has 1 aliphatic heterocycles. The second kappa shape index (κ2) is 3.47. The van der Waals surface area contributed by atoms with Crippen molar-refractivity contribution in [1.82, 2.24) is 15.5 Å². The van der Waals surface area contributed by atoms with Gasteiger partial charge in [0, 0.05) is 0 Å².